The van der Waals surface area contributed by atoms with E-state index >= 15 is 0 Å². The van der Waals surface area contributed by atoms with Gasteiger partial charge in [0.2, 0.25) is 0 Å². The van der Waals surface area contributed by atoms with Gasteiger partial charge in [-0.05, 0) is 47.2 Å². The minimum Gasteiger partial charge on any atom is -0.292 e. The molecule has 0 saturated carbocycles. The Morgan fingerprint density at radius 3 is 2.67 bits per heavy atom. The zero-order valence-electron chi connectivity index (χ0n) is 14.5. The van der Waals surface area contributed by atoms with Crippen molar-refractivity contribution in [2.75, 3.05) is 0 Å². The molecule has 2 heterocycles. The van der Waals surface area contributed by atoms with Crippen LogP contribution in [0, 0.1) is 10.5 Å². The second-order valence-electron chi connectivity index (χ2n) is 6.19. The van der Waals surface area contributed by atoms with E-state index in [4.69, 9.17) is 0 Å². The maximum atomic E-state index is 13.2. The molecule has 0 aliphatic carbocycles. The van der Waals surface area contributed by atoms with Crippen molar-refractivity contribution in [2.24, 2.45) is 0 Å². The number of carbonyl (C=O) groups excluding carboxylic acids is 1. The first kappa shape index (κ1) is 18.1. The van der Waals surface area contributed by atoms with Crippen molar-refractivity contribution in [3.8, 4) is 11.1 Å². The van der Waals surface area contributed by atoms with Gasteiger partial charge in [-0.2, -0.15) is 0 Å². The molecule has 0 aliphatic rings. The van der Waals surface area contributed by atoms with E-state index in [9.17, 15) is 9.59 Å². The third-order valence-electron chi connectivity index (χ3n) is 4.38. The van der Waals surface area contributed by atoms with Crippen molar-refractivity contribution in [1.29, 1.82) is 0 Å². The minimum absolute atomic E-state index is 0.0214. The molecule has 0 radical (unpaired) electrons. The maximum absolute atomic E-state index is 13.2. The summed E-state index contributed by atoms with van der Waals surface area (Å²) in [6.45, 7) is 1.98. The van der Waals surface area contributed by atoms with Crippen molar-refractivity contribution in [2.45, 2.75) is 13.5 Å². The molecule has 2 aromatic carbocycles. The topological polar surface area (TPSA) is 52.0 Å². The van der Waals surface area contributed by atoms with E-state index < -0.39 is 0 Å². The number of hydrogen-bond donors (Lipinski definition) is 0. The molecule has 0 spiro atoms. The smallest absolute Gasteiger partial charge is 0.263 e. The first-order valence-electron chi connectivity index (χ1n) is 8.37. The number of hydrogen-bond acceptors (Lipinski definition) is 4. The molecule has 2 aromatic heterocycles. The number of fused-ring (bicyclic) bond motifs is 1. The van der Waals surface area contributed by atoms with Crippen molar-refractivity contribution in [1.82, 2.24) is 9.55 Å². The lowest BCUT2D eigenvalue weighted by molar-refractivity contribution is 0.0970. The molecular formula is C21H15IN2O2S. The summed E-state index contributed by atoms with van der Waals surface area (Å²) in [5, 5.41) is 0.586. The quantitative estimate of drug-likeness (QED) is 0.304. The number of thiophene rings is 1. The molecule has 0 N–H and O–H groups in total. The van der Waals surface area contributed by atoms with Gasteiger partial charge in [-0.1, -0.05) is 42.5 Å². The Balaban J connectivity index is 1.83. The fraction of sp³-hybridized carbons (Fsp3) is 0.0952. The molecule has 0 amide bonds. The maximum Gasteiger partial charge on any atom is 0.263 e. The van der Waals surface area contributed by atoms with Gasteiger partial charge in [0.15, 0.2) is 5.78 Å². The van der Waals surface area contributed by atoms with Gasteiger partial charge in [0.05, 0.1) is 18.3 Å². The Labute approximate surface area is 173 Å². The van der Waals surface area contributed by atoms with E-state index in [1.807, 2.05) is 43.3 Å². The largest absolute Gasteiger partial charge is 0.292 e. The fourth-order valence-electron chi connectivity index (χ4n) is 3.11. The van der Waals surface area contributed by atoms with Crippen LogP contribution in [-0.4, -0.2) is 15.3 Å². The second-order valence-corrected chi connectivity index (χ2v) is 8.64. The number of ketones is 1. The normalized spacial score (nSPS) is 11.0. The standard InChI is InChI=1S/C21H15IN2O2S/c1-13-18(15-8-5-9-16(22)10-15)19-20(27-13)23-12-24(21(19)26)11-17(25)14-6-3-2-4-7-14/h2-10,12H,11H2,1H3. The lowest BCUT2D eigenvalue weighted by atomic mass is 10.0. The Morgan fingerprint density at radius 1 is 1.15 bits per heavy atom. The van der Waals surface area contributed by atoms with E-state index in [-0.39, 0.29) is 17.9 Å². The van der Waals surface area contributed by atoms with Crippen LogP contribution in [0.15, 0.2) is 65.7 Å². The SMILES string of the molecule is Cc1sc2ncn(CC(=O)c3ccccc3)c(=O)c2c1-c1cccc(I)c1. The zero-order chi connectivity index (χ0) is 19.0. The highest BCUT2D eigenvalue weighted by molar-refractivity contribution is 14.1. The molecule has 4 rings (SSSR count). The van der Waals surface area contributed by atoms with Crippen molar-refractivity contribution in [3.05, 3.63) is 85.3 Å². The molecule has 0 unspecified atom stereocenters. The Kier molecular flexibility index (Phi) is 4.92. The Hall–Kier alpha value is -2.32. The molecule has 0 aliphatic heterocycles. The lowest BCUT2D eigenvalue weighted by Gasteiger charge is -2.07. The number of rotatable bonds is 4. The summed E-state index contributed by atoms with van der Waals surface area (Å²) in [6.07, 6.45) is 1.47. The third-order valence-corrected chi connectivity index (χ3v) is 6.06. The summed E-state index contributed by atoms with van der Waals surface area (Å²) in [4.78, 5) is 31.9. The number of halogens is 1. The van der Waals surface area contributed by atoms with Gasteiger partial charge in [0.1, 0.15) is 4.83 Å². The number of carbonyl (C=O) groups is 1. The second kappa shape index (κ2) is 7.36. The Bertz CT molecular complexity index is 1210. The lowest BCUT2D eigenvalue weighted by Crippen LogP contribution is -2.24. The van der Waals surface area contributed by atoms with Crippen LogP contribution in [0.3, 0.4) is 0 Å². The van der Waals surface area contributed by atoms with Crippen LogP contribution in [0.2, 0.25) is 0 Å². The predicted molar refractivity (Wildman–Crippen MR) is 118 cm³/mol. The summed E-state index contributed by atoms with van der Waals surface area (Å²) < 4.78 is 2.51. The molecule has 6 heteroatoms. The minimum atomic E-state index is -0.178. The number of aryl methyl sites for hydroxylation is 1. The molecule has 0 atom stereocenters. The van der Waals surface area contributed by atoms with Crippen LogP contribution in [0.5, 0.6) is 0 Å². The molecule has 0 fully saturated rings. The monoisotopic (exact) mass is 486 g/mol. The van der Waals surface area contributed by atoms with Crippen LogP contribution >= 0.6 is 33.9 Å². The molecule has 27 heavy (non-hydrogen) atoms. The van der Waals surface area contributed by atoms with Crippen molar-refractivity contribution >= 4 is 49.9 Å². The zero-order valence-corrected chi connectivity index (χ0v) is 17.5. The first-order valence-corrected chi connectivity index (χ1v) is 10.3. The summed E-state index contributed by atoms with van der Waals surface area (Å²) in [5.74, 6) is -0.110. The molecule has 4 aromatic rings. The number of Topliss-reactive ketones (excluding diaryl/α,β-unsaturated/α-hetero) is 1. The van der Waals surface area contributed by atoms with Crippen molar-refractivity contribution in [3.63, 3.8) is 0 Å². The molecule has 0 bridgehead atoms. The predicted octanol–water partition coefficient (Wildman–Crippen LogP) is 4.92. The summed E-state index contributed by atoms with van der Waals surface area (Å²) in [5.41, 5.74) is 2.32. The summed E-state index contributed by atoms with van der Waals surface area (Å²) >= 11 is 3.77. The van der Waals surface area contributed by atoms with Crippen LogP contribution in [0.1, 0.15) is 15.2 Å². The van der Waals surface area contributed by atoms with Crippen LogP contribution in [-0.2, 0) is 6.54 Å². The molecule has 4 nitrogen and oxygen atoms in total. The van der Waals surface area contributed by atoms with Gasteiger partial charge in [-0.25, -0.2) is 4.98 Å². The van der Waals surface area contributed by atoms with Gasteiger partial charge in [0.25, 0.3) is 5.56 Å². The number of aromatic nitrogens is 2. The van der Waals surface area contributed by atoms with Gasteiger partial charge in [0, 0.05) is 19.6 Å². The highest BCUT2D eigenvalue weighted by Gasteiger charge is 2.18. The Morgan fingerprint density at radius 2 is 1.93 bits per heavy atom. The first-order chi connectivity index (χ1) is 13.0. The van der Waals surface area contributed by atoms with E-state index in [1.165, 1.54) is 22.2 Å². The van der Waals surface area contributed by atoms with Gasteiger partial charge in [-0.3, -0.25) is 14.2 Å². The van der Waals surface area contributed by atoms with E-state index in [1.54, 1.807) is 12.1 Å². The van der Waals surface area contributed by atoms with E-state index in [2.05, 4.69) is 33.6 Å². The highest BCUT2D eigenvalue weighted by Crippen LogP contribution is 2.35. The molecule has 0 saturated heterocycles. The molecule has 134 valence electrons. The summed E-state index contributed by atoms with van der Waals surface area (Å²) in [7, 11) is 0. The van der Waals surface area contributed by atoms with E-state index in [0.29, 0.717) is 15.8 Å². The van der Waals surface area contributed by atoms with Gasteiger partial charge in [-0.15, -0.1) is 11.3 Å². The van der Waals surface area contributed by atoms with Crippen molar-refractivity contribution < 1.29 is 4.79 Å². The molecular weight excluding hydrogens is 471 g/mol. The fourth-order valence-corrected chi connectivity index (χ4v) is 4.66. The van der Waals surface area contributed by atoms with Crippen LogP contribution < -0.4 is 5.56 Å². The van der Waals surface area contributed by atoms with Crippen LogP contribution in [0.25, 0.3) is 21.3 Å². The third kappa shape index (κ3) is 3.46. The van der Waals surface area contributed by atoms with Gasteiger partial charge >= 0.3 is 0 Å². The average molecular weight is 486 g/mol. The highest BCUT2D eigenvalue weighted by atomic mass is 127. The number of nitrogens with zero attached hydrogens (tertiary/aromatic N) is 2. The summed E-state index contributed by atoms with van der Waals surface area (Å²) in [6, 6.07) is 17.1. The van der Waals surface area contributed by atoms with Gasteiger partial charge < -0.3 is 0 Å². The van der Waals surface area contributed by atoms with Crippen LogP contribution in [0.4, 0.5) is 0 Å². The average Bonchev–Trinajstić information content (AvgIpc) is 3.01. The number of benzene rings is 2. The van der Waals surface area contributed by atoms with E-state index in [0.717, 1.165) is 19.6 Å².